The van der Waals surface area contributed by atoms with Gasteiger partial charge < -0.3 is 20.6 Å². The number of amides is 1. The first-order valence-electron chi connectivity index (χ1n) is 32.3. The van der Waals surface area contributed by atoms with Crippen molar-refractivity contribution < 1.29 is 20.1 Å². The van der Waals surface area contributed by atoms with Crippen molar-refractivity contribution in [2.45, 2.75) is 372 Å². The van der Waals surface area contributed by atoms with Crippen molar-refractivity contribution >= 4 is 5.91 Å². The maximum atomic E-state index is 12.6. The van der Waals surface area contributed by atoms with E-state index in [0.29, 0.717) is 12.8 Å². The zero-order chi connectivity index (χ0) is 51.4. The molecule has 0 spiro atoms. The van der Waals surface area contributed by atoms with E-state index in [9.17, 15) is 20.1 Å². The zero-order valence-corrected chi connectivity index (χ0v) is 48.1. The Hall–Kier alpha value is -1.43. The summed E-state index contributed by atoms with van der Waals surface area (Å²) in [7, 11) is 0. The van der Waals surface area contributed by atoms with Gasteiger partial charge in [-0.3, -0.25) is 4.79 Å². The van der Waals surface area contributed by atoms with E-state index in [1.165, 1.54) is 283 Å². The summed E-state index contributed by atoms with van der Waals surface area (Å²) >= 11 is 0. The summed E-state index contributed by atoms with van der Waals surface area (Å²) in [6.45, 7) is 4.21. The molecule has 0 radical (unpaired) electrons. The summed E-state index contributed by atoms with van der Waals surface area (Å²) in [5.74, 6) is -0.152. The number of aliphatic hydroxyl groups excluding tert-OH is 3. The van der Waals surface area contributed by atoms with Gasteiger partial charge in [0.1, 0.15) is 6.10 Å². The number of allylic oxidation sites excluding steroid dienone is 6. The summed E-state index contributed by atoms with van der Waals surface area (Å²) in [4.78, 5) is 12.6. The van der Waals surface area contributed by atoms with Crippen LogP contribution in [0.5, 0.6) is 0 Å². The van der Waals surface area contributed by atoms with Crippen LogP contribution < -0.4 is 5.32 Å². The number of unbranched alkanes of at least 4 members (excludes halogenated alkanes) is 46. The van der Waals surface area contributed by atoms with Crippen LogP contribution >= 0.6 is 0 Å². The van der Waals surface area contributed by atoms with Crippen LogP contribution in [-0.2, 0) is 4.79 Å². The molecule has 0 aliphatic heterocycles. The summed E-state index contributed by atoms with van der Waals surface area (Å²) in [6.07, 6.45) is 80.6. The quantitative estimate of drug-likeness (QED) is 0.0361. The number of rotatable bonds is 60. The lowest BCUT2D eigenvalue weighted by Gasteiger charge is -2.26. The van der Waals surface area contributed by atoms with Crippen LogP contribution in [0.1, 0.15) is 354 Å². The molecule has 3 atom stereocenters. The topological polar surface area (TPSA) is 89.8 Å². The molecule has 5 nitrogen and oxygen atoms in total. The summed E-state index contributed by atoms with van der Waals surface area (Å²) in [5, 5.41) is 33.8. The highest BCUT2D eigenvalue weighted by molar-refractivity contribution is 5.76. The minimum absolute atomic E-state index is 0.152. The Balaban J connectivity index is 3.52. The number of carbonyl (C=O) groups is 1. The molecule has 0 aromatic carbocycles. The number of carbonyl (C=O) groups excluding carboxylic acids is 1. The van der Waals surface area contributed by atoms with Crippen molar-refractivity contribution in [1.82, 2.24) is 5.32 Å². The molecule has 0 aromatic rings. The first-order chi connectivity index (χ1) is 35.1. The normalized spacial score (nSPS) is 13.4. The van der Waals surface area contributed by atoms with Crippen molar-refractivity contribution in [2.75, 3.05) is 6.61 Å². The van der Waals surface area contributed by atoms with Gasteiger partial charge in [0, 0.05) is 6.42 Å². The van der Waals surface area contributed by atoms with Crippen LogP contribution in [0.3, 0.4) is 0 Å². The molecule has 4 N–H and O–H groups in total. The van der Waals surface area contributed by atoms with Crippen LogP contribution in [0.25, 0.3) is 0 Å². The average Bonchev–Trinajstić information content (AvgIpc) is 3.37. The Morgan fingerprint density at radius 3 is 0.859 bits per heavy atom. The lowest BCUT2D eigenvalue weighted by atomic mass is 10.0. The summed E-state index contributed by atoms with van der Waals surface area (Å²) in [6, 6.07) is -0.833. The predicted molar refractivity (Wildman–Crippen MR) is 314 cm³/mol. The minimum Gasteiger partial charge on any atom is -0.394 e. The van der Waals surface area contributed by atoms with E-state index in [0.717, 1.165) is 44.9 Å². The Morgan fingerprint density at radius 2 is 0.577 bits per heavy atom. The third kappa shape index (κ3) is 56.1. The van der Waals surface area contributed by atoms with E-state index in [1.807, 2.05) is 0 Å². The lowest BCUT2D eigenvalue weighted by Crippen LogP contribution is -2.50. The molecule has 0 bridgehead atoms. The zero-order valence-electron chi connectivity index (χ0n) is 48.1. The summed E-state index contributed by atoms with van der Waals surface area (Å²) < 4.78 is 0. The molecule has 0 saturated carbocycles. The van der Waals surface area contributed by atoms with Crippen LogP contribution in [0.4, 0.5) is 0 Å². The van der Waals surface area contributed by atoms with Gasteiger partial charge in [-0.15, -0.1) is 0 Å². The fourth-order valence-electron chi connectivity index (χ4n) is 10.2. The lowest BCUT2D eigenvalue weighted by molar-refractivity contribution is -0.124. The van der Waals surface area contributed by atoms with Gasteiger partial charge in [-0.1, -0.05) is 307 Å². The minimum atomic E-state index is -1.17. The van der Waals surface area contributed by atoms with E-state index >= 15 is 0 Å². The smallest absolute Gasteiger partial charge is 0.220 e. The van der Waals surface area contributed by atoms with Crippen LogP contribution in [-0.4, -0.2) is 46.1 Å². The first kappa shape index (κ1) is 69.6. The fraction of sp³-hybridized carbons (Fsp3) is 0.894. The molecule has 0 fully saturated rings. The molecule has 0 aliphatic rings. The molecule has 1 amide bonds. The van der Waals surface area contributed by atoms with Crippen molar-refractivity contribution in [3.8, 4) is 0 Å². The number of hydrogen-bond acceptors (Lipinski definition) is 4. The van der Waals surface area contributed by atoms with E-state index in [2.05, 4.69) is 55.6 Å². The van der Waals surface area contributed by atoms with Crippen LogP contribution in [0.2, 0.25) is 0 Å². The van der Waals surface area contributed by atoms with Gasteiger partial charge in [-0.05, 0) is 77.0 Å². The van der Waals surface area contributed by atoms with Crippen molar-refractivity contribution in [3.63, 3.8) is 0 Å². The van der Waals surface area contributed by atoms with Gasteiger partial charge in [0.25, 0.3) is 0 Å². The highest BCUT2D eigenvalue weighted by Gasteiger charge is 2.26. The van der Waals surface area contributed by atoms with Crippen LogP contribution in [0, 0.1) is 0 Å². The highest BCUT2D eigenvalue weighted by Crippen LogP contribution is 2.18. The molecule has 420 valence electrons. The third-order valence-corrected chi connectivity index (χ3v) is 15.2. The number of aliphatic hydroxyl groups is 3. The Morgan fingerprint density at radius 1 is 0.338 bits per heavy atom. The van der Waals surface area contributed by atoms with Gasteiger partial charge >= 0.3 is 0 Å². The number of nitrogens with one attached hydrogen (secondary N) is 1. The van der Waals surface area contributed by atoms with Gasteiger partial charge in [0.15, 0.2) is 0 Å². The SMILES string of the molecule is CCCCCCCCCCCCCC/C=C\CCCCCCCCCCCCCCCCCCCC(=O)NC(CO)C(O)C(O)CCC/C=C/CC/C=C/CCCCCCCCCCCCCCCCC. The molecule has 0 aliphatic carbocycles. The second-order valence-electron chi connectivity index (χ2n) is 22.3. The highest BCUT2D eigenvalue weighted by atomic mass is 16.3. The molecular formula is C66H127NO4. The summed E-state index contributed by atoms with van der Waals surface area (Å²) in [5.41, 5.74) is 0. The second-order valence-corrected chi connectivity index (χ2v) is 22.3. The van der Waals surface area contributed by atoms with E-state index in [1.54, 1.807) is 0 Å². The molecule has 5 heteroatoms. The van der Waals surface area contributed by atoms with E-state index < -0.39 is 18.2 Å². The average molecular weight is 999 g/mol. The van der Waals surface area contributed by atoms with Gasteiger partial charge in [-0.2, -0.15) is 0 Å². The predicted octanol–water partition coefficient (Wildman–Crippen LogP) is 20.6. The maximum Gasteiger partial charge on any atom is 0.220 e. The van der Waals surface area contributed by atoms with Gasteiger partial charge in [0.05, 0.1) is 18.8 Å². The maximum absolute atomic E-state index is 12.6. The Labute approximate surface area is 444 Å². The second kappa shape index (κ2) is 61.1. The fourth-order valence-corrected chi connectivity index (χ4v) is 10.2. The van der Waals surface area contributed by atoms with E-state index in [-0.39, 0.29) is 12.5 Å². The molecule has 0 saturated heterocycles. The molecule has 0 heterocycles. The van der Waals surface area contributed by atoms with Crippen molar-refractivity contribution in [2.24, 2.45) is 0 Å². The molecule has 0 rings (SSSR count). The third-order valence-electron chi connectivity index (χ3n) is 15.2. The molecular weight excluding hydrogens is 871 g/mol. The first-order valence-corrected chi connectivity index (χ1v) is 32.3. The van der Waals surface area contributed by atoms with Crippen molar-refractivity contribution in [3.05, 3.63) is 36.5 Å². The Bertz CT molecular complexity index is 1100. The van der Waals surface area contributed by atoms with Crippen molar-refractivity contribution in [1.29, 1.82) is 0 Å². The van der Waals surface area contributed by atoms with Crippen LogP contribution in [0.15, 0.2) is 36.5 Å². The molecule has 71 heavy (non-hydrogen) atoms. The van der Waals surface area contributed by atoms with E-state index in [4.69, 9.17) is 0 Å². The standard InChI is InChI=1S/C66H127NO4/c1-3-5-7-9-11-13-15-17-19-21-23-25-27-29-30-31-32-33-34-35-36-37-39-41-43-45-47-49-51-53-55-57-59-61-65(70)67-63(62-68)66(71)64(69)60-58-56-54-52-50-48-46-44-42-40-38-28-26-24-22-20-18-16-14-12-10-8-6-4-2/h29-30,44,46,52,54,63-64,66,68-69,71H,3-28,31-43,45,47-51,53,55-62H2,1-2H3,(H,67,70)/b30-29-,46-44+,54-52+. The Kier molecular flexibility index (Phi) is 59.9. The number of hydrogen-bond donors (Lipinski definition) is 4. The molecule has 0 aromatic heterocycles. The van der Waals surface area contributed by atoms with Gasteiger partial charge in [0.2, 0.25) is 5.91 Å². The monoisotopic (exact) mass is 998 g/mol. The van der Waals surface area contributed by atoms with Gasteiger partial charge in [-0.25, -0.2) is 0 Å². The molecule has 3 unspecified atom stereocenters. The largest absolute Gasteiger partial charge is 0.394 e.